The maximum absolute atomic E-state index is 13.7. The molecule has 0 atom stereocenters. The largest absolute Gasteiger partial charge is 0.435 e. The highest BCUT2D eigenvalue weighted by Gasteiger charge is 2.12. The van der Waals surface area contributed by atoms with Crippen molar-refractivity contribution in [2.24, 2.45) is 0 Å². The van der Waals surface area contributed by atoms with Gasteiger partial charge in [0.05, 0.1) is 5.39 Å². The van der Waals surface area contributed by atoms with Crippen LogP contribution in [0.3, 0.4) is 0 Å². The van der Waals surface area contributed by atoms with Crippen molar-refractivity contribution in [1.29, 1.82) is 0 Å². The quantitative estimate of drug-likeness (QED) is 0.767. The molecule has 2 aromatic heterocycles. The van der Waals surface area contributed by atoms with Crippen LogP contribution in [0.1, 0.15) is 0 Å². The number of halogens is 2. The lowest BCUT2D eigenvalue weighted by Crippen LogP contribution is -1.98. The first-order valence-electron chi connectivity index (χ1n) is 5.27. The average molecular weight is 340 g/mol. The van der Waals surface area contributed by atoms with Gasteiger partial charge in [-0.3, -0.25) is 0 Å². The van der Waals surface area contributed by atoms with Crippen LogP contribution in [0.25, 0.3) is 10.2 Å². The molecule has 0 aliphatic rings. The minimum Gasteiger partial charge on any atom is -0.435 e. The van der Waals surface area contributed by atoms with Crippen LogP contribution in [0.15, 0.2) is 34.1 Å². The summed E-state index contributed by atoms with van der Waals surface area (Å²) in [5, 5.41) is 2.56. The number of hydrogen-bond acceptors (Lipinski definition) is 5. The summed E-state index contributed by atoms with van der Waals surface area (Å²) >= 11 is 4.68. The van der Waals surface area contributed by atoms with Gasteiger partial charge in [-0.15, -0.1) is 11.3 Å². The molecular formula is C12H7BrFN3OS. The third-order valence-corrected chi connectivity index (χ3v) is 3.71. The van der Waals surface area contributed by atoms with Gasteiger partial charge in [-0.25, -0.2) is 9.37 Å². The molecular weight excluding hydrogens is 333 g/mol. The van der Waals surface area contributed by atoms with E-state index >= 15 is 0 Å². The minimum atomic E-state index is -0.469. The molecule has 0 amide bonds. The first-order valence-corrected chi connectivity index (χ1v) is 6.94. The predicted molar refractivity (Wildman–Crippen MR) is 76.0 cm³/mol. The SMILES string of the molecule is Nc1nc(Oc2cc(Br)ccc2F)c2ccsc2n1. The Labute approximate surface area is 120 Å². The zero-order chi connectivity index (χ0) is 13.4. The van der Waals surface area contributed by atoms with E-state index in [1.807, 2.05) is 11.4 Å². The van der Waals surface area contributed by atoms with Crippen molar-refractivity contribution in [2.75, 3.05) is 5.73 Å². The molecule has 0 radical (unpaired) electrons. The smallest absolute Gasteiger partial charge is 0.233 e. The molecule has 0 aliphatic heterocycles. The Bertz CT molecular complexity index is 762. The van der Waals surface area contributed by atoms with E-state index in [0.717, 1.165) is 0 Å². The first kappa shape index (κ1) is 12.3. The lowest BCUT2D eigenvalue weighted by Gasteiger charge is -2.07. The molecule has 1 aromatic carbocycles. The van der Waals surface area contributed by atoms with Gasteiger partial charge in [0.25, 0.3) is 0 Å². The van der Waals surface area contributed by atoms with Crippen molar-refractivity contribution in [1.82, 2.24) is 9.97 Å². The topological polar surface area (TPSA) is 61.0 Å². The number of aromatic nitrogens is 2. The highest BCUT2D eigenvalue weighted by molar-refractivity contribution is 9.10. The van der Waals surface area contributed by atoms with Gasteiger partial charge in [-0.1, -0.05) is 15.9 Å². The van der Waals surface area contributed by atoms with Gasteiger partial charge < -0.3 is 10.5 Å². The number of anilines is 1. The number of hydrogen-bond donors (Lipinski definition) is 1. The molecule has 7 heteroatoms. The van der Waals surface area contributed by atoms with Gasteiger partial charge in [0.15, 0.2) is 11.6 Å². The number of nitrogens with zero attached hydrogens (tertiary/aromatic N) is 2. The normalized spacial score (nSPS) is 10.8. The molecule has 0 bridgehead atoms. The van der Waals surface area contributed by atoms with Crippen molar-refractivity contribution in [3.05, 3.63) is 39.9 Å². The second kappa shape index (κ2) is 4.75. The fourth-order valence-corrected chi connectivity index (χ4v) is 2.68. The fraction of sp³-hybridized carbons (Fsp3) is 0. The third-order valence-electron chi connectivity index (χ3n) is 2.41. The highest BCUT2D eigenvalue weighted by atomic mass is 79.9. The number of ether oxygens (including phenoxy) is 1. The van der Waals surface area contributed by atoms with Crippen molar-refractivity contribution in [3.8, 4) is 11.6 Å². The monoisotopic (exact) mass is 339 g/mol. The lowest BCUT2D eigenvalue weighted by atomic mass is 10.3. The standard InChI is InChI=1S/C12H7BrFN3OS/c13-6-1-2-8(14)9(5-6)18-10-7-3-4-19-11(7)17-12(15)16-10/h1-5H,(H2,15,16,17). The molecule has 0 spiro atoms. The maximum atomic E-state index is 13.7. The van der Waals surface area contributed by atoms with Crippen LogP contribution in [0, 0.1) is 5.82 Å². The molecule has 0 saturated heterocycles. The van der Waals surface area contributed by atoms with Gasteiger partial charge in [-0.05, 0) is 29.6 Å². The maximum Gasteiger partial charge on any atom is 0.233 e. The summed E-state index contributed by atoms with van der Waals surface area (Å²) in [5.41, 5.74) is 5.61. The van der Waals surface area contributed by atoms with E-state index in [1.165, 1.54) is 23.5 Å². The van der Waals surface area contributed by atoms with E-state index in [1.54, 1.807) is 6.07 Å². The van der Waals surface area contributed by atoms with Crippen LogP contribution < -0.4 is 10.5 Å². The van der Waals surface area contributed by atoms with Crippen LogP contribution in [0.5, 0.6) is 11.6 Å². The van der Waals surface area contributed by atoms with E-state index in [0.29, 0.717) is 14.7 Å². The fourth-order valence-electron chi connectivity index (χ4n) is 1.58. The van der Waals surface area contributed by atoms with Crippen molar-refractivity contribution in [3.63, 3.8) is 0 Å². The summed E-state index contributed by atoms with van der Waals surface area (Å²) in [6.07, 6.45) is 0. The number of thiophene rings is 1. The zero-order valence-corrected chi connectivity index (χ0v) is 11.8. The highest BCUT2D eigenvalue weighted by Crippen LogP contribution is 2.33. The van der Waals surface area contributed by atoms with Gasteiger partial charge in [0, 0.05) is 4.47 Å². The van der Waals surface area contributed by atoms with Crippen LogP contribution in [0.2, 0.25) is 0 Å². The second-order valence-corrected chi connectivity index (χ2v) is 5.51. The molecule has 4 nitrogen and oxygen atoms in total. The lowest BCUT2D eigenvalue weighted by molar-refractivity contribution is 0.432. The van der Waals surface area contributed by atoms with Crippen molar-refractivity contribution in [2.45, 2.75) is 0 Å². The Hall–Kier alpha value is -1.73. The van der Waals surface area contributed by atoms with Crippen LogP contribution in [-0.4, -0.2) is 9.97 Å². The predicted octanol–water partition coefficient (Wildman–Crippen LogP) is 3.97. The van der Waals surface area contributed by atoms with Crippen molar-refractivity contribution < 1.29 is 9.13 Å². The molecule has 0 saturated carbocycles. The Morgan fingerprint density at radius 3 is 2.95 bits per heavy atom. The summed E-state index contributed by atoms with van der Waals surface area (Å²) in [5.74, 6) is -0.0372. The van der Waals surface area contributed by atoms with Gasteiger partial charge in [0.1, 0.15) is 4.83 Å². The van der Waals surface area contributed by atoms with E-state index in [4.69, 9.17) is 10.5 Å². The zero-order valence-electron chi connectivity index (χ0n) is 9.43. The van der Waals surface area contributed by atoms with E-state index in [9.17, 15) is 4.39 Å². The average Bonchev–Trinajstić information content (AvgIpc) is 2.82. The molecule has 3 aromatic rings. The molecule has 2 heterocycles. The molecule has 0 fully saturated rings. The molecule has 19 heavy (non-hydrogen) atoms. The Balaban J connectivity index is 2.10. The summed E-state index contributed by atoms with van der Waals surface area (Å²) < 4.78 is 19.9. The summed E-state index contributed by atoms with van der Waals surface area (Å²) in [6, 6.07) is 6.25. The number of fused-ring (bicyclic) bond motifs is 1. The van der Waals surface area contributed by atoms with E-state index < -0.39 is 5.82 Å². The number of rotatable bonds is 2. The number of benzene rings is 1. The molecule has 0 unspecified atom stereocenters. The van der Waals surface area contributed by atoms with Crippen molar-refractivity contribution >= 4 is 43.4 Å². The van der Waals surface area contributed by atoms with E-state index in [2.05, 4.69) is 25.9 Å². The molecule has 96 valence electrons. The molecule has 3 rings (SSSR count). The molecule has 0 aliphatic carbocycles. The summed E-state index contributed by atoms with van der Waals surface area (Å²) in [4.78, 5) is 8.80. The van der Waals surface area contributed by atoms with Crippen LogP contribution >= 0.6 is 27.3 Å². The summed E-state index contributed by atoms with van der Waals surface area (Å²) in [7, 11) is 0. The third kappa shape index (κ3) is 2.39. The van der Waals surface area contributed by atoms with Gasteiger partial charge >= 0.3 is 0 Å². The Kier molecular flexibility index (Phi) is 3.08. The first-order chi connectivity index (χ1) is 9.13. The van der Waals surface area contributed by atoms with Crippen LogP contribution in [-0.2, 0) is 0 Å². The van der Waals surface area contributed by atoms with E-state index in [-0.39, 0.29) is 17.6 Å². The number of nitrogens with two attached hydrogens (primary N) is 1. The van der Waals surface area contributed by atoms with Gasteiger partial charge in [0.2, 0.25) is 11.8 Å². The molecule has 2 N–H and O–H groups in total. The number of nitrogen functional groups attached to an aromatic ring is 1. The second-order valence-electron chi connectivity index (χ2n) is 3.70. The van der Waals surface area contributed by atoms with Gasteiger partial charge in [-0.2, -0.15) is 4.98 Å². The Morgan fingerprint density at radius 1 is 1.26 bits per heavy atom. The minimum absolute atomic E-state index is 0.0833. The summed E-state index contributed by atoms with van der Waals surface area (Å²) in [6.45, 7) is 0. The Morgan fingerprint density at radius 2 is 2.11 bits per heavy atom. The van der Waals surface area contributed by atoms with Crippen LogP contribution in [0.4, 0.5) is 10.3 Å².